The quantitative estimate of drug-likeness (QED) is 0.549. The van der Waals surface area contributed by atoms with Crippen molar-refractivity contribution in [1.82, 2.24) is 24.6 Å². The number of rotatable bonds is 5. The van der Waals surface area contributed by atoms with Crippen LogP contribution < -0.4 is 9.47 Å². The monoisotopic (exact) mass is 353 g/mol. The molecule has 0 unspecified atom stereocenters. The number of benzene rings is 1. The van der Waals surface area contributed by atoms with Crippen molar-refractivity contribution < 1.29 is 9.47 Å². The number of fused-ring (bicyclic) bond motifs is 1. The molecule has 7 nitrogen and oxygen atoms in total. The third kappa shape index (κ3) is 3.03. The summed E-state index contributed by atoms with van der Waals surface area (Å²) in [6.07, 6.45) is 5.86. The summed E-state index contributed by atoms with van der Waals surface area (Å²) in [5.41, 5.74) is 4.29. The highest BCUT2D eigenvalue weighted by Crippen LogP contribution is 2.26. The lowest BCUT2D eigenvalue weighted by molar-refractivity contribution is 0.393. The third-order valence-electron chi connectivity index (χ3n) is 3.74. The molecular weight excluding hydrogens is 338 g/mol. The Kier molecular flexibility index (Phi) is 4.02. The molecule has 0 N–H and O–H groups in total. The number of ether oxygens (including phenoxy) is 2. The van der Waals surface area contributed by atoms with Gasteiger partial charge in [-0.3, -0.25) is 4.98 Å². The van der Waals surface area contributed by atoms with Crippen LogP contribution in [0.15, 0.2) is 42.3 Å². The molecule has 0 aliphatic rings. The summed E-state index contributed by atoms with van der Waals surface area (Å²) < 4.78 is 12.4. The van der Waals surface area contributed by atoms with Crippen molar-refractivity contribution in [3.8, 4) is 22.1 Å². The van der Waals surface area contributed by atoms with Crippen LogP contribution >= 0.6 is 11.3 Å². The highest BCUT2D eigenvalue weighted by molar-refractivity contribution is 7.13. The van der Waals surface area contributed by atoms with Gasteiger partial charge in [0.25, 0.3) is 0 Å². The largest absolute Gasteiger partial charge is 0.497 e. The molecule has 0 amide bonds. The van der Waals surface area contributed by atoms with E-state index < -0.39 is 0 Å². The Morgan fingerprint density at radius 3 is 2.60 bits per heavy atom. The van der Waals surface area contributed by atoms with Crippen LogP contribution in [0.3, 0.4) is 0 Å². The molecule has 0 saturated heterocycles. The summed E-state index contributed by atoms with van der Waals surface area (Å²) in [6, 6.07) is 5.75. The molecule has 0 fully saturated rings. The predicted octanol–water partition coefficient (Wildman–Crippen LogP) is 2.86. The smallest absolute Gasteiger partial charge is 0.182 e. The first kappa shape index (κ1) is 15.5. The van der Waals surface area contributed by atoms with Crippen LogP contribution in [0.4, 0.5) is 0 Å². The minimum absolute atomic E-state index is 0.567. The topological polar surface area (TPSA) is 74.4 Å². The molecule has 0 saturated carbocycles. The lowest BCUT2D eigenvalue weighted by atomic mass is 10.1. The zero-order valence-electron chi connectivity index (χ0n) is 13.7. The minimum atomic E-state index is 0.567. The fraction of sp³-hybridized carbons (Fsp3) is 0.176. The molecular formula is C17H15N5O2S. The summed E-state index contributed by atoms with van der Waals surface area (Å²) in [5.74, 6) is 2.18. The van der Waals surface area contributed by atoms with Crippen LogP contribution in [0.25, 0.3) is 16.2 Å². The van der Waals surface area contributed by atoms with Gasteiger partial charge in [-0.1, -0.05) is 0 Å². The molecule has 3 heterocycles. The van der Waals surface area contributed by atoms with E-state index in [1.165, 1.54) is 11.3 Å². The van der Waals surface area contributed by atoms with Crippen LogP contribution in [-0.2, 0) is 6.42 Å². The Hall–Kier alpha value is -3.00. The van der Waals surface area contributed by atoms with Crippen molar-refractivity contribution in [2.45, 2.75) is 6.42 Å². The van der Waals surface area contributed by atoms with E-state index in [0.29, 0.717) is 12.2 Å². The third-order valence-corrected chi connectivity index (χ3v) is 4.52. The van der Waals surface area contributed by atoms with E-state index in [9.17, 15) is 0 Å². The lowest BCUT2D eigenvalue weighted by Crippen LogP contribution is -1.95. The fourth-order valence-corrected chi connectivity index (χ4v) is 3.21. The van der Waals surface area contributed by atoms with Gasteiger partial charge in [0.1, 0.15) is 17.2 Å². The number of methoxy groups -OCH3 is 2. The van der Waals surface area contributed by atoms with Gasteiger partial charge < -0.3 is 9.47 Å². The molecule has 0 radical (unpaired) electrons. The molecule has 0 spiro atoms. The molecule has 0 atom stereocenters. The SMILES string of the molecule is COc1cc(Cc2nc3c(-c4cncs4)nccn3n2)cc(OC)c1. The molecule has 25 heavy (non-hydrogen) atoms. The van der Waals surface area contributed by atoms with Crippen LogP contribution in [0.1, 0.15) is 11.4 Å². The van der Waals surface area contributed by atoms with E-state index in [2.05, 4.69) is 20.1 Å². The van der Waals surface area contributed by atoms with Gasteiger partial charge in [-0.05, 0) is 17.7 Å². The Bertz CT molecular complexity index is 991. The molecule has 1 aromatic carbocycles. The van der Waals surface area contributed by atoms with Gasteiger partial charge in [-0.15, -0.1) is 11.3 Å². The van der Waals surface area contributed by atoms with Crippen LogP contribution in [-0.4, -0.2) is 38.8 Å². The van der Waals surface area contributed by atoms with Crippen molar-refractivity contribution in [3.63, 3.8) is 0 Å². The summed E-state index contributed by atoms with van der Waals surface area (Å²) in [4.78, 5) is 14.2. The van der Waals surface area contributed by atoms with E-state index >= 15 is 0 Å². The fourth-order valence-electron chi connectivity index (χ4n) is 2.59. The zero-order valence-corrected chi connectivity index (χ0v) is 14.5. The standard InChI is InChI=1S/C17H15N5O2S/c1-23-12-5-11(6-13(8-12)24-2)7-15-20-17-16(14-9-18-10-25-14)19-3-4-22(17)21-15/h3-6,8-10H,7H2,1-2H3. The Morgan fingerprint density at radius 2 is 1.92 bits per heavy atom. The Balaban J connectivity index is 1.72. The average molecular weight is 353 g/mol. The summed E-state index contributed by atoms with van der Waals surface area (Å²) in [7, 11) is 3.27. The Morgan fingerprint density at radius 1 is 1.12 bits per heavy atom. The second-order valence-corrected chi connectivity index (χ2v) is 6.22. The second-order valence-electron chi connectivity index (χ2n) is 5.34. The zero-order chi connectivity index (χ0) is 17.2. The number of aromatic nitrogens is 5. The van der Waals surface area contributed by atoms with Crippen molar-refractivity contribution in [3.05, 3.63) is 53.7 Å². The highest BCUT2D eigenvalue weighted by atomic mass is 32.1. The number of hydrogen-bond acceptors (Lipinski definition) is 7. The van der Waals surface area contributed by atoms with E-state index in [1.54, 1.807) is 42.8 Å². The van der Waals surface area contributed by atoms with Crippen molar-refractivity contribution in [2.24, 2.45) is 0 Å². The van der Waals surface area contributed by atoms with Gasteiger partial charge in [0.05, 0.1) is 24.6 Å². The second kappa shape index (κ2) is 6.48. The number of thiazole rings is 1. The first-order valence-corrected chi connectivity index (χ1v) is 8.46. The van der Waals surface area contributed by atoms with Crippen LogP contribution in [0.2, 0.25) is 0 Å². The Labute approximate surface area is 147 Å². The summed E-state index contributed by atoms with van der Waals surface area (Å²) in [5, 5.41) is 4.56. The maximum absolute atomic E-state index is 5.32. The molecule has 126 valence electrons. The van der Waals surface area contributed by atoms with Gasteiger partial charge in [0, 0.05) is 31.1 Å². The highest BCUT2D eigenvalue weighted by Gasteiger charge is 2.13. The molecule has 3 aromatic heterocycles. The summed E-state index contributed by atoms with van der Waals surface area (Å²) >= 11 is 1.53. The summed E-state index contributed by atoms with van der Waals surface area (Å²) in [6.45, 7) is 0. The normalized spacial score (nSPS) is 11.0. The molecule has 0 aliphatic carbocycles. The van der Waals surface area contributed by atoms with Gasteiger partial charge in [0.2, 0.25) is 0 Å². The first-order valence-electron chi connectivity index (χ1n) is 7.58. The lowest BCUT2D eigenvalue weighted by Gasteiger charge is -2.07. The van der Waals surface area contributed by atoms with E-state index in [4.69, 9.17) is 9.47 Å². The maximum Gasteiger partial charge on any atom is 0.182 e. The van der Waals surface area contributed by atoms with Crippen LogP contribution in [0, 0.1) is 0 Å². The molecule has 0 bridgehead atoms. The molecule has 0 aliphatic heterocycles. The minimum Gasteiger partial charge on any atom is -0.497 e. The molecule has 4 rings (SSSR count). The van der Waals surface area contributed by atoms with Gasteiger partial charge in [-0.25, -0.2) is 14.5 Å². The van der Waals surface area contributed by atoms with Gasteiger partial charge in [-0.2, -0.15) is 5.10 Å². The predicted molar refractivity (Wildman–Crippen MR) is 94.2 cm³/mol. The maximum atomic E-state index is 5.32. The van der Waals surface area contributed by atoms with Gasteiger partial charge in [0.15, 0.2) is 11.5 Å². The van der Waals surface area contributed by atoms with Gasteiger partial charge >= 0.3 is 0 Å². The van der Waals surface area contributed by atoms with E-state index in [1.807, 2.05) is 18.2 Å². The van der Waals surface area contributed by atoms with Crippen molar-refractivity contribution in [1.29, 1.82) is 0 Å². The van der Waals surface area contributed by atoms with E-state index in [-0.39, 0.29) is 0 Å². The number of nitrogens with zero attached hydrogens (tertiary/aromatic N) is 5. The number of hydrogen-bond donors (Lipinski definition) is 0. The first-order chi connectivity index (χ1) is 12.3. The van der Waals surface area contributed by atoms with E-state index in [0.717, 1.165) is 33.3 Å². The average Bonchev–Trinajstić information content (AvgIpc) is 3.30. The van der Waals surface area contributed by atoms with Crippen LogP contribution in [0.5, 0.6) is 11.5 Å². The van der Waals surface area contributed by atoms with Crippen molar-refractivity contribution >= 4 is 17.0 Å². The molecule has 4 aromatic rings. The molecule has 8 heteroatoms. The van der Waals surface area contributed by atoms with Crippen molar-refractivity contribution in [2.75, 3.05) is 14.2 Å².